The maximum Gasteiger partial charge on any atom is 0.246 e. The van der Waals surface area contributed by atoms with E-state index in [1.807, 2.05) is 11.6 Å². The number of rotatable bonds is 7. The van der Waals surface area contributed by atoms with Crippen molar-refractivity contribution in [1.29, 1.82) is 0 Å². The summed E-state index contributed by atoms with van der Waals surface area (Å²) in [5.41, 5.74) is 1.15. The lowest BCUT2D eigenvalue weighted by Crippen LogP contribution is -2.42. The van der Waals surface area contributed by atoms with Crippen LogP contribution in [-0.4, -0.2) is 31.3 Å². The normalized spacial score (nSPS) is 14.2. The van der Waals surface area contributed by atoms with Gasteiger partial charge < -0.3 is 9.16 Å². The van der Waals surface area contributed by atoms with Gasteiger partial charge in [-0.25, -0.2) is 0 Å². The second-order valence-electron chi connectivity index (χ2n) is 7.00. The zero-order chi connectivity index (χ0) is 17.1. The lowest BCUT2D eigenvalue weighted by atomic mass is 10.2. The van der Waals surface area contributed by atoms with Gasteiger partial charge in [0.05, 0.1) is 28.5 Å². The third kappa shape index (κ3) is 4.70. The first-order chi connectivity index (χ1) is 10.0. The Kier molecular flexibility index (Phi) is 7.42. The lowest BCUT2D eigenvalue weighted by Gasteiger charge is -2.37. The predicted octanol–water partition coefficient (Wildman–Crippen LogP) is 5.36. The third-order valence-electron chi connectivity index (χ3n) is 4.23. The summed E-state index contributed by atoms with van der Waals surface area (Å²) in [4.78, 5) is 0. The molecule has 4 nitrogen and oxygen atoms in total. The van der Waals surface area contributed by atoms with Gasteiger partial charge in [0.15, 0.2) is 8.32 Å². The molecule has 0 saturated heterocycles. The van der Waals surface area contributed by atoms with Crippen molar-refractivity contribution in [2.45, 2.75) is 64.1 Å². The molecule has 1 aromatic rings. The molecule has 0 aliphatic heterocycles. The van der Waals surface area contributed by atoms with Crippen LogP contribution in [0.15, 0.2) is 0 Å². The van der Waals surface area contributed by atoms with Crippen LogP contribution in [0.2, 0.25) is 18.1 Å². The monoisotopic (exact) mass is 502 g/mol. The molecule has 1 atom stereocenters. The van der Waals surface area contributed by atoms with Crippen LogP contribution in [0.3, 0.4) is 0 Å². The minimum atomic E-state index is -1.74. The van der Waals surface area contributed by atoms with Gasteiger partial charge in [0.25, 0.3) is 0 Å². The average Bonchev–Trinajstić information content (AvgIpc) is 2.72. The molecule has 0 bridgehead atoms. The summed E-state index contributed by atoms with van der Waals surface area (Å²) in [5, 5.41) is 5.61. The number of aromatic nitrogens is 2. The van der Waals surface area contributed by atoms with Crippen LogP contribution in [0.5, 0.6) is 5.88 Å². The molecule has 0 aliphatic carbocycles. The molecule has 0 aromatic carbocycles. The molecule has 0 amide bonds. The second-order valence-corrected chi connectivity index (χ2v) is 13.4. The first-order valence-corrected chi connectivity index (χ1v) is 12.8. The zero-order valence-electron chi connectivity index (χ0n) is 14.7. The second kappa shape index (κ2) is 7.98. The van der Waals surface area contributed by atoms with E-state index in [1.54, 1.807) is 0 Å². The first kappa shape index (κ1) is 20.4. The van der Waals surface area contributed by atoms with Crippen molar-refractivity contribution in [3.05, 3.63) is 9.26 Å². The number of halogens is 2. The highest BCUT2D eigenvalue weighted by Gasteiger charge is 2.37. The Morgan fingerprint density at radius 2 is 1.95 bits per heavy atom. The molecule has 1 heterocycles. The van der Waals surface area contributed by atoms with E-state index in [4.69, 9.17) is 9.16 Å². The van der Waals surface area contributed by atoms with Gasteiger partial charge in [0.1, 0.15) is 0 Å². The molecule has 1 rings (SSSR count). The van der Waals surface area contributed by atoms with Gasteiger partial charge in [0, 0.05) is 5.33 Å². The molecular formula is C15H28BrIN2O2Si. The molecule has 0 spiro atoms. The van der Waals surface area contributed by atoms with Crippen molar-refractivity contribution >= 4 is 46.8 Å². The highest BCUT2D eigenvalue weighted by molar-refractivity contribution is 14.1. The van der Waals surface area contributed by atoms with E-state index in [0.29, 0.717) is 13.2 Å². The molecule has 0 unspecified atom stereocenters. The number of ether oxygens (including phenoxy) is 1. The van der Waals surface area contributed by atoms with Crippen LogP contribution in [0.4, 0.5) is 0 Å². The van der Waals surface area contributed by atoms with E-state index >= 15 is 0 Å². The van der Waals surface area contributed by atoms with Gasteiger partial charge in [-0.3, -0.25) is 4.68 Å². The van der Waals surface area contributed by atoms with Crippen molar-refractivity contribution in [3.8, 4) is 5.88 Å². The number of alkyl halides is 1. The van der Waals surface area contributed by atoms with Crippen LogP contribution in [0, 0.1) is 3.57 Å². The van der Waals surface area contributed by atoms with Crippen LogP contribution in [-0.2, 0) is 9.76 Å². The Balaban J connectivity index is 2.90. The number of hydrogen-bond donors (Lipinski definition) is 0. The van der Waals surface area contributed by atoms with Gasteiger partial charge in [-0.2, -0.15) is 0 Å². The minimum absolute atomic E-state index is 0.185. The quantitative estimate of drug-likeness (QED) is 0.286. The molecule has 0 saturated carbocycles. The molecule has 1 aromatic heterocycles. The summed E-state index contributed by atoms with van der Waals surface area (Å²) < 4.78 is 15.1. The number of hydrogen-bond acceptors (Lipinski definition) is 3. The summed E-state index contributed by atoms with van der Waals surface area (Å²) in [7, 11) is -1.74. The fourth-order valence-corrected chi connectivity index (χ4v) is 4.61. The van der Waals surface area contributed by atoms with E-state index < -0.39 is 8.32 Å². The summed E-state index contributed by atoms with van der Waals surface area (Å²) in [6.07, 6.45) is 0. The summed E-state index contributed by atoms with van der Waals surface area (Å²) in [5.74, 6) is 0.719. The Hall–Kier alpha value is 0.397. The fourth-order valence-electron chi connectivity index (χ4n) is 1.76. The lowest BCUT2D eigenvalue weighted by molar-refractivity contribution is 0.225. The molecule has 0 aliphatic rings. The number of nitrogens with zero attached hydrogens (tertiary/aromatic N) is 2. The van der Waals surface area contributed by atoms with Crippen LogP contribution >= 0.6 is 38.5 Å². The van der Waals surface area contributed by atoms with Gasteiger partial charge in [0.2, 0.25) is 5.88 Å². The van der Waals surface area contributed by atoms with Gasteiger partial charge >= 0.3 is 0 Å². The largest absolute Gasteiger partial charge is 0.476 e. The highest BCUT2D eigenvalue weighted by Crippen LogP contribution is 2.37. The van der Waals surface area contributed by atoms with Crippen LogP contribution in [0.25, 0.3) is 0 Å². The van der Waals surface area contributed by atoms with E-state index in [-0.39, 0.29) is 11.1 Å². The predicted molar refractivity (Wildman–Crippen MR) is 107 cm³/mol. The third-order valence-corrected chi connectivity index (χ3v) is 10.3. The van der Waals surface area contributed by atoms with E-state index in [9.17, 15) is 0 Å². The van der Waals surface area contributed by atoms with Gasteiger partial charge in [-0.1, -0.05) is 36.7 Å². The SMILES string of the molecule is CCOc1nn([C@@H](C)CO[Si](C)(C)C(C)(C)C)c(CBr)c1I. The van der Waals surface area contributed by atoms with Gasteiger partial charge in [-0.15, -0.1) is 5.10 Å². The molecule has 7 heteroatoms. The molecule has 22 heavy (non-hydrogen) atoms. The summed E-state index contributed by atoms with van der Waals surface area (Å²) in [6, 6.07) is 0.185. The molecule has 0 N–H and O–H groups in total. The maximum atomic E-state index is 6.34. The standard InChI is InChI=1S/C15H28BrIN2O2Si/c1-8-20-14-13(17)12(9-16)19(18-14)11(2)10-21-22(6,7)15(3,4)5/h11H,8-10H2,1-7H3/t11-/m0/s1. The molecule has 128 valence electrons. The van der Waals surface area contributed by atoms with Crippen molar-refractivity contribution in [2.75, 3.05) is 13.2 Å². The van der Waals surface area contributed by atoms with Crippen molar-refractivity contribution in [2.24, 2.45) is 0 Å². The fraction of sp³-hybridized carbons (Fsp3) is 0.800. The van der Waals surface area contributed by atoms with Crippen molar-refractivity contribution < 1.29 is 9.16 Å². The molecule has 0 fully saturated rings. The highest BCUT2D eigenvalue weighted by atomic mass is 127. The van der Waals surface area contributed by atoms with E-state index in [0.717, 1.165) is 20.5 Å². The zero-order valence-corrected chi connectivity index (χ0v) is 19.4. The van der Waals surface area contributed by atoms with Crippen molar-refractivity contribution in [1.82, 2.24) is 9.78 Å². The topological polar surface area (TPSA) is 36.3 Å². The van der Waals surface area contributed by atoms with E-state index in [2.05, 4.69) is 84.4 Å². The summed E-state index contributed by atoms with van der Waals surface area (Å²) in [6.45, 7) is 16.8. The van der Waals surface area contributed by atoms with Crippen molar-refractivity contribution in [3.63, 3.8) is 0 Å². The first-order valence-electron chi connectivity index (χ1n) is 7.64. The maximum absolute atomic E-state index is 6.34. The molecule has 0 radical (unpaired) electrons. The van der Waals surface area contributed by atoms with Crippen LogP contribution in [0.1, 0.15) is 46.4 Å². The van der Waals surface area contributed by atoms with Crippen LogP contribution < -0.4 is 4.74 Å². The average molecular weight is 503 g/mol. The Bertz CT molecular complexity index is 500. The Morgan fingerprint density at radius 3 is 2.41 bits per heavy atom. The Labute approximate surface area is 157 Å². The minimum Gasteiger partial charge on any atom is -0.476 e. The Morgan fingerprint density at radius 1 is 1.36 bits per heavy atom. The summed E-state index contributed by atoms with van der Waals surface area (Å²) >= 11 is 5.87. The molecular weight excluding hydrogens is 475 g/mol. The van der Waals surface area contributed by atoms with Gasteiger partial charge in [-0.05, 0) is 54.6 Å². The van der Waals surface area contributed by atoms with E-state index in [1.165, 1.54) is 0 Å². The smallest absolute Gasteiger partial charge is 0.246 e.